The van der Waals surface area contributed by atoms with Gasteiger partial charge >= 0.3 is 0 Å². The molecule has 1 saturated heterocycles. The van der Waals surface area contributed by atoms with Crippen LogP contribution >= 0.6 is 24.0 Å². The molecule has 1 amide bonds. The van der Waals surface area contributed by atoms with Crippen molar-refractivity contribution in [3.05, 3.63) is 100.0 Å². The SMILES string of the molecule is CCOc1cc(/C=C2/SC(=S)N(Cc3ccccc3)C2=O)ccc1OCc1cccc(C)c1. The molecule has 1 aliphatic heterocycles. The second-order valence-electron chi connectivity index (χ2n) is 7.67. The number of rotatable bonds is 8. The molecule has 0 spiro atoms. The molecule has 3 aromatic rings. The van der Waals surface area contributed by atoms with E-state index in [9.17, 15) is 4.79 Å². The summed E-state index contributed by atoms with van der Waals surface area (Å²) in [7, 11) is 0. The first kappa shape index (κ1) is 23.1. The summed E-state index contributed by atoms with van der Waals surface area (Å²) in [5.41, 5.74) is 4.20. The molecule has 0 atom stereocenters. The van der Waals surface area contributed by atoms with Crippen molar-refractivity contribution in [1.29, 1.82) is 0 Å². The van der Waals surface area contributed by atoms with Crippen molar-refractivity contribution in [2.45, 2.75) is 27.0 Å². The average Bonchev–Trinajstić information content (AvgIpc) is 3.07. The second-order valence-corrected chi connectivity index (χ2v) is 9.35. The van der Waals surface area contributed by atoms with Gasteiger partial charge in [-0.05, 0) is 48.7 Å². The van der Waals surface area contributed by atoms with Crippen molar-refractivity contribution >= 4 is 40.3 Å². The number of hydrogen-bond acceptors (Lipinski definition) is 5. The van der Waals surface area contributed by atoms with Gasteiger partial charge < -0.3 is 9.47 Å². The predicted octanol–water partition coefficient (Wildman–Crippen LogP) is 6.37. The molecule has 6 heteroatoms. The lowest BCUT2D eigenvalue weighted by Gasteiger charge is -2.14. The first-order valence-corrected chi connectivity index (χ1v) is 12.0. The van der Waals surface area contributed by atoms with Gasteiger partial charge in [-0.3, -0.25) is 9.69 Å². The fraction of sp³-hybridized carbons (Fsp3) is 0.185. The van der Waals surface area contributed by atoms with Crippen LogP contribution in [0.15, 0.2) is 77.7 Å². The van der Waals surface area contributed by atoms with Crippen LogP contribution in [0, 0.1) is 6.92 Å². The average molecular weight is 476 g/mol. The number of benzene rings is 3. The van der Waals surface area contributed by atoms with E-state index in [1.165, 1.54) is 17.3 Å². The molecule has 0 unspecified atom stereocenters. The van der Waals surface area contributed by atoms with Crippen molar-refractivity contribution in [3.8, 4) is 11.5 Å². The summed E-state index contributed by atoms with van der Waals surface area (Å²) in [6, 6.07) is 23.8. The summed E-state index contributed by atoms with van der Waals surface area (Å²) in [5.74, 6) is 1.25. The molecule has 0 bridgehead atoms. The number of ether oxygens (including phenoxy) is 2. The van der Waals surface area contributed by atoms with Crippen LogP contribution < -0.4 is 9.47 Å². The smallest absolute Gasteiger partial charge is 0.266 e. The van der Waals surface area contributed by atoms with Gasteiger partial charge in [-0.2, -0.15) is 0 Å². The van der Waals surface area contributed by atoms with E-state index >= 15 is 0 Å². The van der Waals surface area contributed by atoms with Crippen molar-refractivity contribution in [3.63, 3.8) is 0 Å². The van der Waals surface area contributed by atoms with Gasteiger partial charge in [0.2, 0.25) is 0 Å². The quantitative estimate of drug-likeness (QED) is 0.279. The number of nitrogens with zero attached hydrogens (tertiary/aromatic N) is 1. The minimum Gasteiger partial charge on any atom is -0.490 e. The standard InChI is InChI=1S/C27H25NO3S2/c1-3-30-24-15-21(12-13-23(24)31-18-22-11-7-8-19(2)14-22)16-25-26(29)28(27(32)33-25)17-20-9-5-4-6-10-20/h4-16H,3,17-18H2,1-2H3/b25-16+. The maximum Gasteiger partial charge on any atom is 0.266 e. The molecule has 0 aromatic heterocycles. The van der Waals surface area contributed by atoms with Crippen LogP contribution in [-0.4, -0.2) is 21.7 Å². The number of aryl methyl sites for hydroxylation is 1. The topological polar surface area (TPSA) is 38.8 Å². The first-order chi connectivity index (χ1) is 16.0. The molecular formula is C27H25NO3S2. The molecule has 1 aliphatic rings. The maximum atomic E-state index is 13.0. The monoisotopic (exact) mass is 475 g/mol. The van der Waals surface area contributed by atoms with Gasteiger partial charge in [0.05, 0.1) is 18.1 Å². The molecule has 33 heavy (non-hydrogen) atoms. The lowest BCUT2D eigenvalue weighted by atomic mass is 10.1. The van der Waals surface area contributed by atoms with Crippen molar-refractivity contribution < 1.29 is 14.3 Å². The summed E-state index contributed by atoms with van der Waals surface area (Å²) in [6.07, 6.45) is 1.86. The van der Waals surface area contributed by atoms with Gasteiger partial charge in [-0.25, -0.2) is 0 Å². The lowest BCUT2D eigenvalue weighted by Crippen LogP contribution is -2.27. The fourth-order valence-corrected chi connectivity index (χ4v) is 4.77. The van der Waals surface area contributed by atoms with E-state index in [0.717, 1.165) is 16.7 Å². The Morgan fingerprint density at radius 3 is 2.48 bits per heavy atom. The van der Waals surface area contributed by atoms with Gasteiger partial charge in [0.15, 0.2) is 11.5 Å². The van der Waals surface area contributed by atoms with Crippen LogP contribution in [0.2, 0.25) is 0 Å². The number of thiocarbonyl (C=S) groups is 1. The van der Waals surface area contributed by atoms with E-state index in [1.807, 2.05) is 73.7 Å². The highest BCUT2D eigenvalue weighted by Gasteiger charge is 2.32. The predicted molar refractivity (Wildman–Crippen MR) is 138 cm³/mol. The van der Waals surface area contributed by atoms with Crippen molar-refractivity contribution in [1.82, 2.24) is 4.90 Å². The summed E-state index contributed by atoms with van der Waals surface area (Å²) in [4.78, 5) is 15.2. The molecule has 1 heterocycles. The van der Waals surface area contributed by atoms with Crippen LogP contribution in [0.4, 0.5) is 0 Å². The third-order valence-corrected chi connectivity index (χ3v) is 6.48. The van der Waals surface area contributed by atoms with Crippen LogP contribution in [-0.2, 0) is 17.9 Å². The van der Waals surface area contributed by atoms with Gasteiger partial charge in [0.25, 0.3) is 5.91 Å². The van der Waals surface area contributed by atoms with Crippen LogP contribution in [0.25, 0.3) is 6.08 Å². The van der Waals surface area contributed by atoms with Gasteiger partial charge in [-0.1, -0.05) is 90.2 Å². The highest BCUT2D eigenvalue weighted by Crippen LogP contribution is 2.35. The Morgan fingerprint density at radius 1 is 0.939 bits per heavy atom. The number of carbonyl (C=O) groups excluding carboxylic acids is 1. The van der Waals surface area contributed by atoms with Crippen molar-refractivity contribution in [2.24, 2.45) is 0 Å². The third-order valence-electron chi connectivity index (χ3n) is 5.10. The first-order valence-electron chi connectivity index (χ1n) is 10.8. The molecular weight excluding hydrogens is 450 g/mol. The zero-order valence-corrected chi connectivity index (χ0v) is 20.2. The Bertz CT molecular complexity index is 1190. The number of amides is 1. The lowest BCUT2D eigenvalue weighted by molar-refractivity contribution is -0.122. The normalized spacial score (nSPS) is 14.7. The fourth-order valence-electron chi connectivity index (χ4n) is 3.52. The largest absolute Gasteiger partial charge is 0.490 e. The van der Waals surface area contributed by atoms with E-state index in [-0.39, 0.29) is 5.91 Å². The molecule has 4 rings (SSSR count). The molecule has 3 aromatic carbocycles. The molecule has 0 N–H and O–H groups in total. The Hall–Kier alpha value is -3.09. The van der Waals surface area contributed by atoms with Gasteiger partial charge in [0, 0.05) is 0 Å². The Labute approximate surface area is 204 Å². The summed E-state index contributed by atoms with van der Waals surface area (Å²) in [5, 5.41) is 0. The molecule has 0 radical (unpaired) electrons. The van der Waals surface area contributed by atoms with Gasteiger partial charge in [0.1, 0.15) is 10.9 Å². The molecule has 0 saturated carbocycles. The maximum absolute atomic E-state index is 13.0. The second kappa shape index (κ2) is 10.7. The zero-order valence-electron chi connectivity index (χ0n) is 18.6. The highest BCUT2D eigenvalue weighted by molar-refractivity contribution is 8.26. The van der Waals surface area contributed by atoms with E-state index < -0.39 is 0 Å². The van der Waals surface area contributed by atoms with E-state index in [4.69, 9.17) is 21.7 Å². The van der Waals surface area contributed by atoms with Crippen LogP contribution in [0.3, 0.4) is 0 Å². The summed E-state index contributed by atoms with van der Waals surface area (Å²) >= 11 is 6.80. The Morgan fingerprint density at radius 2 is 1.73 bits per heavy atom. The van der Waals surface area contributed by atoms with Gasteiger partial charge in [-0.15, -0.1) is 0 Å². The van der Waals surface area contributed by atoms with E-state index in [1.54, 1.807) is 4.90 Å². The van der Waals surface area contributed by atoms with Crippen molar-refractivity contribution in [2.75, 3.05) is 6.61 Å². The van der Waals surface area contributed by atoms with Crippen LogP contribution in [0.1, 0.15) is 29.2 Å². The zero-order chi connectivity index (χ0) is 23.2. The molecule has 1 fully saturated rings. The highest BCUT2D eigenvalue weighted by atomic mass is 32.2. The summed E-state index contributed by atoms with van der Waals surface area (Å²) < 4.78 is 12.4. The van der Waals surface area contributed by atoms with E-state index in [0.29, 0.717) is 40.5 Å². The molecule has 4 nitrogen and oxygen atoms in total. The Balaban J connectivity index is 1.50. The number of carbonyl (C=O) groups is 1. The molecule has 0 aliphatic carbocycles. The number of hydrogen-bond donors (Lipinski definition) is 0. The third kappa shape index (κ3) is 5.83. The Kier molecular flexibility index (Phi) is 7.47. The number of thioether (sulfide) groups is 1. The minimum atomic E-state index is -0.0772. The van der Waals surface area contributed by atoms with Crippen LogP contribution in [0.5, 0.6) is 11.5 Å². The van der Waals surface area contributed by atoms with E-state index in [2.05, 4.69) is 19.1 Å². The molecule has 168 valence electrons. The summed E-state index contributed by atoms with van der Waals surface area (Å²) in [6.45, 7) is 5.44. The minimum absolute atomic E-state index is 0.0772.